The van der Waals surface area contributed by atoms with Crippen LogP contribution in [0.2, 0.25) is 5.02 Å². The summed E-state index contributed by atoms with van der Waals surface area (Å²) in [5.74, 6) is -1.16. The van der Waals surface area contributed by atoms with Crippen molar-refractivity contribution in [1.29, 1.82) is 0 Å². The second-order valence-corrected chi connectivity index (χ2v) is 6.83. The summed E-state index contributed by atoms with van der Waals surface area (Å²) >= 11 is 6.15. The van der Waals surface area contributed by atoms with Gasteiger partial charge in [0.05, 0.1) is 13.7 Å². The summed E-state index contributed by atoms with van der Waals surface area (Å²) in [6.07, 6.45) is 2.10. The number of esters is 1. The maximum Gasteiger partial charge on any atom is 0.317 e. The highest BCUT2D eigenvalue weighted by molar-refractivity contribution is 6.30. The predicted molar refractivity (Wildman–Crippen MR) is 105 cm³/mol. The fourth-order valence-corrected chi connectivity index (χ4v) is 3.64. The van der Waals surface area contributed by atoms with Gasteiger partial charge in [-0.15, -0.1) is 0 Å². The average molecular weight is 385 g/mol. The standard InChI is InChI=1S/C22H21ClO4/c1-3-27-22(25)21-19(15-5-4-6-17(23)11-15)12-16(13-20(21)24)14-7-9-18(26-2)10-8-14/h4-11,13,19,21H,3,12H2,1-2H3/t19-,21+/m1/s1. The molecule has 0 aliphatic heterocycles. The quantitative estimate of drug-likeness (QED) is 0.555. The van der Waals surface area contributed by atoms with Gasteiger partial charge >= 0.3 is 5.97 Å². The molecular formula is C22H21ClO4. The zero-order valence-electron chi connectivity index (χ0n) is 15.3. The van der Waals surface area contributed by atoms with E-state index in [2.05, 4.69) is 0 Å². The topological polar surface area (TPSA) is 52.6 Å². The van der Waals surface area contributed by atoms with Gasteiger partial charge in [-0.05, 0) is 60.4 Å². The molecule has 2 aromatic rings. The molecule has 1 aliphatic rings. The summed E-state index contributed by atoms with van der Waals surface area (Å²) in [5.41, 5.74) is 2.67. The maximum absolute atomic E-state index is 12.9. The molecule has 5 heteroatoms. The van der Waals surface area contributed by atoms with Crippen LogP contribution in [-0.4, -0.2) is 25.5 Å². The van der Waals surface area contributed by atoms with Crippen LogP contribution >= 0.6 is 11.6 Å². The monoisotopic (exact) mass is 384 g/mol. The van der Waals surface area contributed by atoms with E-state index in [1.54, 1.807) is 26.2 Å². The normalized spacial score (nSPS) is 19.4. The first kappa shape index (κ1) is 19.2. The highest BCUT2D eigenvalue weighted by Crippen LogP contribution is 2.41. The third kappa shape index (κ3) is 4.22. The second-order valence-electron chi connectivity index (χ2n) is 6.40. The molecule has 2 aromatic carbocycles. The number of carbonyl (C=O) groups excluding carboxylic acids is 2. The lowest BCUT2D eigenvalue weighted by molar-refractivity contribution is -0.151. The number of ether oxygens (including phenoxy) is 2. The number of ketones is 1. The third-order valence-electron chi connectivity index (χ3n) is 4.74. The van der Waals surface area contributed by atoms with Crippen LogP contribution < -0.4 is 4.74 Å². The fourth-order valence-electron chi connectivity index (χ4n) is 3.44. The van der Waals surface area contributed by atoms with Gasteiger partial charge in [0.15, 0.2) is 5.78 Å². The Morgan fingerprint density at radius 2 is 1.93 bits per heavy atom. The number of benzene rings is 2. The molecule has 0 spiro atoms. The first-order valence-corrected chi connectivity index (χ1v) is 9.22. The van der Waals surface area contributed by atoms with E-state index in [1.807, 2.05) is 42.5 Å². The highest BCUT2D eigenvalue weighted by Gasteiger charge is 2.39. The Balaban J connectivity index is 2.00. The first-order chi connectivity index (χ1) is 13.0. The van der Waals surface area contributed by atoms with E-state index in [0.29, 0.717) is 11.4 Å². The smallest absolute Gasteiger partial charge is 0.317 e. The highest BCUT2D eigenvalue weighted by atomic mass is 35.5. The minimum absolute atomic E-state index is 0.236. The molecule has 0 amide bonds. The summed E-state index contributed by atoms with van der Waals surface area (Å²) in [7, 11) is 1.61. The molecule has 27 heavy (non-hydrogen) atoms. The molecule has 0 aromatic heterocycles. The number of carbonyl (C=O) groups is 2. The number of rotatable bonds is 5. The predicted octanol–water partition coefficient (Wildman–Crippen LogP) is 4.67. The molecule has 0 saturated carbocycles. The molecule has 0 radical (unpaired) electrons. The lowest BCUT2D eigenvalue weighted by Gasteiger charge is -2.29. The van der Waals surface area contributed by atoms with Crippen molar-refractivity contribution in [3.63, 3.8) is 0 Å². The lowest BCUT2D eigenvalue weighted by atomic mass is 9.73. The van der Waals surface area contributed by atoms with Crippen LogP contribution in [0.5, 0.6) is 5.75 Å². The number of methoxy groups -OCH3 is 1. The van der Waals surface area contributed by atoms with E-state index in [-0.39, 0.29) is 18.3 Å². The van der Waals surface area contributed by atoms with Crippen LogP contribution in [0.15, 0.2) is 54.6 Å². The van der Waals surface area contributed by atoms with E-state index in [4.69, 9.17) is 21.1 Å². The van der Waals surface area contributed by atoms with Crippen molar-refractivity contribution in [3.8, 4) is 5.75 Å². The van der Waals surface area contributed by atoms with Gasteiger partial charge in [-0.1, -0.05) is 35.9 Å². The van der Waals surface area contributed by atoms with E-state index in [9.17, 15) is 9.59 Å². The Labute approximate surface area is 163 Å². The zero-order valence-corrected chi connectivity index (χ0v) is 16.0. The largest absolute Gasteiger partial charge is 0.497 e. The molecule has 0 saturated heterocycles. The summed E-state index contributed by atoms with van der Waals surface area (Å²) in [6, 6.07) is 14.8. The van der Waals surface area contributed by atoms with Gasteiger partial charge in [-0.2, -0.15) is 0 Å². The molecule has 4 nitrogen and oxygen atoms in total. The lowest BCUT2D eigenvalue weighted by Crippen LogP contribution is -2.34. The van der Waals surface area contributed by atoms with Crippen molar-refractivity contribution in [1.82, 2.24) is 0 Å². The van der Waals surface area contributed by atoms with Crippen LogP contribution in [0.4, 0.5) is 0 Å². The number of hydrogen-bond donors (Lipinski definition) is 0. The van der Waals surface area contributed by atoms with Crippen LogP contribution in [0, 0.1) is 5.92 Å². The third-order valence-corrected chi connectivity index (χ3v) is 4.98. The molecule has 0 heterocycles. The number of hydrogen-bond acceptors (Lipinski definition) is 4. The molecule has 0 unspecified atom stereocenters. The second kappa shape index (κ2) is 8.40. The van der Waals surface area contributed by atoms with Gasteiger partial charge in [0, 0.05) is 10.9 Å². The minimum atomic E-state index is -0.856. The molecule has 3 rings (SSSR count). The maximum atomic E-state index is 12.9. The number of allylic oxidation sites excluding steroid dienone is 2. The Morgan fingerprint density at radius 1 is 1.19 bits per heavy atom. The van der Waals surface area contributed by atoms with Crippen molar-refractivity contribution in [3.05, 3.63) is 70.8 Å². The van der Waals surface area contributed by atoms with E-state index in [0.717, 1.165) is 22.4 Å². The summed E-state index contributed by atoms with van der Waals surface area (Å²) < 4.78 is 10.4. The molecule has 1 aliphatic carbocycles. The fraction of sp³-hybridized carbons (Fsp3) is 0.273. The van der Waals surface area contributed by atoms with E-state index in [1.165, 1.54) is 0 Å². The minimum Gasteiger partial charge on any atom is -0.497 e. The van der Waals surface area contributed by atoms with Crippen molar-refractivity contribution in [2.45, 2.75) is 19.3 Å². The molecule has 140 valence electrons. The molecule has 0 bridgehead atoms. The first-order valence-electron chi connectivity index (χ1n) is 8.84. The molecule has 0 N–H and O–H groups in total. The van der Waals surface area contributed by atoms with Crippen LogP contribution in [0.25, 0.3) is 5.57 Å². The summed E-state index contributed by atoms with van der Waals surface area (Å²) in [6.45, 7) is 1.97. The Bertz CT molecular complexity index is 870. The summed E-state index contributed by atoms with van der Waals surface area (Å²) in [4.78, 5) is 25.3. The SMILES string of the molecule is CCOC(=O)[C@@H]1C(=O)C=C(c2ccc(OC)cc2)C[C@@H]1c1cccc(Cl)c1. The van der Waals surface area contributed by atoms with Crippen molar-refractivity contribution in [2.75, 3.05) is 13.7 Å². The molecule has 2 atom stereocenters. The van der Waals surface area contributed by atoms with Gasteiger partial charge in [0.1, 0.15) is 11.7 Å². The average Bonchev–Trinajstić information content (AvgIpc) is 2.67. The zero-order chi connectivity index (χ0) is 19.4. The molecular weight excluding hydrogens is 364 g/mol. The number of halogens is 1. The van der Waals surface area contributed by atoms with Crippen molar-refractivity contribution >= 4 is 28.9 Å². The Hall–Kier alpha value is -2.59. The van der Waals surface area contributed by atoms with E-state index >= 15 is 0 Å². The van der Waals surface area contributed by atoms with Gasteiger partial charge in [0.25, 0.3) is 0 Å². The van der Waals surface area contributed by atoms with Gasteiger partial charge in [-0.25, -0.2) is 0 Å². The van der Waals surface area contributed by atoms with Crippen molar-refractivity contribution in [2.24, 2.45) is 5.92 Å². The van der Waals surface area contributed by atoms with Crippen LogP contribution in [0.1, 0.15) is 30.4 Å². The van der Waals surface area contributed by atoms with Gasteiger partial charge in [-0.3, -0.25) is 9.59 Å². The summed E-state index contributed by atoms with van der Waals surface area (Å²) in [5, 5.41) is 0.572. The van der Waals surface area contributed by atoms with Crippen LogP contribution in [0.3, 0.4) is 0 Å². The Kier molecular flexibility index (Phi) is 5.97. The van der Waals surface area contributed by atoms with Crippen LogP contribution in [-0.2, 0) is 14.3 Å². The Morgan fingerprint density at radius 3 is 2.56 bits per heavy atom. The van der Waals surface area contributed by atoms with Crippen molar-refractivity contribution < 1.29 is 19.1 Å². The van der Waals surface area contributed by atoms with E-state index < -0.39 is 11.9 Å². The van der Waals surface area contributed by atoms with Gasteiger partial charge < -0.3 is 9.47 Å². The van der Waals surface area contributed by atoms with Gasteiger partial charge in [0.2, 0.25) is 0 Å². The molecule has 0 fully saturated rings.